The Hall–Kier alpha value is -2.95. The van der Waals surface area contributed by atoms with E-state index in [1.54, 1.807) is 0 Å². The highest BCUT2D eigenvalue weighted by molar-refractivity contribution is 5.89. The molecular weight excluding hydrogens is 350 g/mol. The number of hydrogen-bond donors (Lipinski definition) is 1. The molecular formula is C23H23N3O2. The standard InChI is InChI=1S/C23H23N3O2/c1-13-14-8-6-10-17-18(14)23-11-12-26(13)20(21(27)28-3)19(23)15-7-4-5-9-16(15)24-22(23)25(17)2/h4-10,19-20,22,24H,1,11-12H2,2-3H3/t19-,20+,22+,23+/m1/s1. The summed E-state index contributed by atoms with van der Waals surface area (Å²) in [6, 6.07) is 14.5. The van der Waals surface area contributed by atoms with Gasteiger partial charge >= 0.3 is 5.97 Å². The van der Waals surface area contributed by atoms with Gasteiger partial charge in [-0.3, -0.25) is 0 Å². The molecule has 1 saturated heterocycles. The van der Waals surface area contributed by atoms with Gasteiger partial charge in [-0.05, 0) is 29.7 Å². The fourth-order valence-electron chi connectivity index (χ4n) is 6.40. The molecule has 0 saturated carbocycles. The number of fused-ring (bicyclic) bond motifs is 2. The molecule has 5 nitrogen and oxygen atoms in total. The number of piperidine rings is 1. The SMILES string of the molecule is C=C1c2cccc3c2[C@@]24CCN1[C@H](C(=O)OC)[C@H]2c1ccccc1N[C@H]4N3C. The second-order valence-electron chi connectivity index (χ2n) is 8.32. The fourth-order valence-corrected chi connectivity index (χ4v) is 6.40. The van der Waals surface area contributed by atoms with Gasteiger partial charge in [0.2, 0.25) is 0 Å². The van der Waals surface area contributed by atoms with Crippen LogP contribution >= 0.6 is 0 Å². The molecule has 5 heteroatoms. The predicted molar refractivity (Wildman–Crippen MR) is 109 cm³/mol. The number of rotatable bonds is 1. The highest BCUT2D eigenvalue weighted by Gasteiger charge is 2.66. The number of likely N-dealkylation sites (N-methyl/N-ethyl adjacent to an activating group) is 1. The molecule has 0 aromatic heterocycles. The molecule has 0 radical (unpaired) electrons. The molecule has 0 unspecified atom stereocenters. The molecule has 1 spiro atoms. The van der Waals surface area contributed by atoms with Crippen LogP contribution in [0, 0.1) is 0 Å². The number of benzene rings is 2. The molecule has 2 bridgehead atoms. The first-order valence-electron chi connectivity index (χ1n) is 9.85. The van der Waals surface area contributed by atoms with Crippen LogP contribution in [0.5, 0.6) is 0 Å². The van der Waals surface area contributed by atoms with Crippen LogP contribution in [0.3, 0.4) is 0 Å². The number of nitrogens with zero attached hydrogens (tertiary/aromatic N) is 2. The Bertz CT molecular complexity index is 1050. The average Bonchev–Trinajstić information content (AvgIpc) is 2.84. The highest BCUT2D eigenvalue weighted by atomic mass is 16.5. The molecule has 4 atom stereocenters. The first kappa shape index (κ1) is 16.0. The first-order valence-corrected chi connectivity index (χ1v) is 9.85. The quantitative estimate of drug-likeness (QED) is 0.778. The Morgan fingerprint density at radius 3 is 2.89 bits per heavy atom. The van der Waals surface area contributed by atoms with Gasteiger partial charge in [0.1, 0.15) is 12.2 Å². The van der Waals surface area contributed by atoms with E-state index in [2.05, 4.69) is 71.2 Å². The van der Waals surface area contributed by atoms with E-state index in [1.165, 1.54) is 29.5 Å². The Labute approximate surface area is 164 Å². The van der Waals surface area contributed by atoms with Crippen LogP contribution < -0.4 is 10.2 Å². The van der Waals surface area contributed by atoms with E-state index in [9.17, 15) is 4.79 Å². The van der Waals surface area contributed by atoms with E-state index in [-0.39, 0.29) is 29.5 Å². The number of nitrogens with one attached hydrogen (secondary N) is 1. The van der Waals surface area contributed by atoms with Gasteiger partial charge in [0, 0.05) is 47.6 Å². The molecule has 28 heavy (non-hydrogen) atoms. The van der Waals surface area contributed by atoms with Crippen molar-refractivity contribution in [1.29, 1.82) is 0 Å². The molecule has 7 rings (SSSR count). The van der Waals surface area contributed by atoms with Crippen molar-refractivity contribution in [3.05, 3.63) is 65.7 Å². The lowest BCUT2D eigenvalue weighted by Gasteiger charge is -2.55. The first-order chi connectivity index (χ1) is 13.6. The summed E-state index contributed by atoms with van der Waals surface area (Å²) in [6.07, 6.45) is 1.08. The fraction of sp³-hybridized carbons (Fsp3) is 0.348. The molecule has 1 fully saturated rings. The van der Waals surface area contributed by atoms with Crippen LogP contribution in [0.25, 0.3) is 5.70 Å². The maximum absolute atomic E-state index is 13.1. The molecule has 1 N–H and O–H groups in total. The van der Waals surface area contributed by atoms with Gasteiger partial charge in [-0.1, -0.05) is 36.9 Å². The second-order valence-corrected chi connectivity index (χ2v) is 8.32. The molecule has 2 aromatic rings. The third-order valence-corrected chi connectivity index (χ3v) is 7.42. The summed E-state index contributed by atoms with van der Waals surface area (Å²) in [4.78, 5) is 17.7. The van der Waals surface area contributed by atoms with Crippen LogP contribution in [0.4, 0.5) is 11.4 Å². The molecule has 2 aromatic carbocycles. The van der Waals surface area contributed by atoms with Crippen molar-refractivity contribution in [2.75, 3.05) is 30.9 Å². The van der Waals surface area contributed by atoms with Crippen molar-refractivity contribution in [2.45, 2.75) is 30.0 Å². The normalized spacial score (nSPS) is 31.1. The number of anilines is 2. The lowest BCUT2D eigenvalue weighted by atomic mass is 9.58. The largest absolute Gasteiger partial charge is 0.467 e. The minimum Gasteiger partial charge on any atom is -0.467 e. The number of methoxy groups -OCH3 is 1. The van der Waals surface area contributed by atoms with Crippen molar-refractivity contribution in [3.8, 4) is 0 Å². The Morgan fingerprint density at radius 2 is 2.07 bits per heavy atom. The smallest absolute Gasteiger partial charge is 0.329 e. The maximum atomic E-state index is 13.1. The van der Waals surface area contributed by atoms with Crippen LogP contribution in [-0.4, -0.2) is 43.8 Å². The Balaban J connectivity index is 1.75. The van der Waals surface area contributed by atoms with E-state index < -0.39 is 0 Å². The predicted octanol–water partition coefficient (Wildman–Crippen LogP) is 3.14. The lowest BCUT2D eigenvalue weighted by Crippen LogP contribution is -2.64. The third kappa shape index (κ3) is 1.59. The minimum absolute atomic E-state index is 0.0141. The van der Waals surface area contributed by atoms with Gasteiger partial charge in [-0.2, -0.15) is 0 Å². The van der Waals surface area contributed by atoms with Crippen LogP contribution in [0.15, 0.2) is 49.0 Å². The highest BCUT2D eigenvalue weighted by Crippen LogP contribution is 2.65. The van der Waals surface area contributed by atoms with Gasteiger partial charge in [0.25, 0.3) is 0 Å². The monoisotopic (exact) mass is 373 g/mol. The molecule has 142 valence electrons. The van der Waals surface area contributed by atoms with Crippen molar-refractivity contribution in [1.82, 2.24) is 4.90 Å². The van der Waals surface area contributed by atoms with Gasteiger partial charge in [-0.25, -0.2) is 4.79 Å². The summed E-state index contributed by atoms with van der Waals surface area (Å²) in [5.41, 5.74) is 6.80. The summed E-state index contributed by atoms with van der Waals surface area (Å²) in [5.74, 6) is -0.162. The number of para-hydroxylation sites is 1. The topological polar surface area (TPSA) is 44.8 Å². The minimum atomic E-state index is -0.372. The van der Waals surface area contributed by atoms with E-state index in [4.69, 9.17) is 4.74 Å². The van der Waals surface area contributed by atoms with E-state index in [0.29, 0.717) is 0 Å². The van der Waals surface area contributed by atoms with Crippen molar-refractivity contribution in [3.63, 3.8) is 0 Å². The van der Waals surface area contributed by atoms with Crippen LogP contribution in [-0.2, 0) is 14.9 Å². The third-order valence-electron chi connectivity index (χ3n) is 7.42. The number of hydrogen-bond acceptors (Lipinski definition) is 5. The summed E-state index contributed by atoms with van der Waals surface area (Å²) >= 11 is 0. The van der Waals surface area contributed by atoms with Gasteiger partial charge in [-0.15, -0.1) is 0 Å². The van der Waals surface area contributed by atoms with E-state index in [1.807, 2.05) is 0 Å². The van der Waals surface area contributed by atoms with Crippen molar-refractivity contribution in [2.24, 2.45) is 0 Å². The zero-order valence-corrected chi connectivity index (χ0v) is 16.1. The molecule has 5 aliphatic rings. The molecule has 0 amide bonds. The van der Waals surface area contributed by atoms with E-state index in [0.717, 1.165) is 24.4 Å². The van der Waals surface area contributed by atoms with Gasteiger partial charge in [0.05, 0.1) is 7.11 Å². The van der Waals surface area contributed by atoms with Gasteiger partial charge < -0.3 is 19.9 Å². The zero-order valence-electron chi connectivity index (χ0n) is 16.1. The number of esters is 1. The van der Waals surface area contributed by atoms with Gasteiger partial charge in [0.15, 0.2) is 0 Å². The maximum Gasteiger partial charge on any atom is 0.329 e. The number of carbonyl (C=O) groups is 1. The summed E-state index contributed by atoms with van der Waals surface area (Å²) < 4.78 is 5.33. The average molecular weight is 373 g/mol. The Kier molecular flexibility index (Phi) is 2.92. The van der Waals surface area contributed by atoms with Crippen LogP contribution in [0.2, 0.25) is 0 Å². The van der Waals surface area contributed by atoms with Crippen molar-refractivity contribution >= 4 is 23.0 Å². The lowest BCUT2D eigenvalue weighted by molar-refractivity contribution is -0.149. The number of carbonyl (C=O) groups excluding carboxylic acids is 1. The van der Waals surface area contributed by atoms with Crippen LogP contribution in [0.1, 0.15) is 29.0 Å². The summed E-state index contributed by atoms with van der Waals surface area (Å²) in [5, 5.41) is 3.81. The van der Waals surface area contributed by atoms with Crippen molar-refractivity contribution < 1.29 is 9.53 Å². The second kappa shape index (κ2) is 5.10. The summed E-state index contributed by atoms with van der Waals surface area (Å²) in [7, 11) is 3.65. The zero-order chi connectivity index (χ0) is 19.2. The molecule has 5 aliphatic heterocycles. The number of ether oxygens (including phenoxy) is 1. The Morgan fingerprint density at radius 1 is 1.25 bits per heavy atom. The summed E-state index contributed by atoms with van der Waals surface area (Å²) in [6.45, 7) is 5.24. The van der Waals surface area contributed by atoms with E-state index >= 15 is 0 Å². The molecule has 0 aliphatic carbocycles. The molecule has 5 heterocycles.